The molecule has 4 fully saturated rings. The van der Waals surface area contributed by atoms with Crippen molar-refractivity contribution >= 4 is 22.2 Å². The van der Waals surface area contributed by atoms with Crippen LogP contribution in [-0.4, -0.2) is 18.0 Å². The van der Waals surface area contributed by atoms with Crippen LogP contribution in [0.3, 0.4) is 0 Å². The average Bonchev–Trinajstić information content (AvgIpc) is 2.95. The summed E-state index contributed by atoms with van der Waals surface area (Å²) in [5, 5.41) is 17.1. The molecule has 0 aromatic carbocycles. The Balaban J connectivity index is 1.25. The lowest BCUT2D eigenvalue weighted by atomic mass is 9.53. The fraction of sp³-hybridized carbons (Fsp3) is 0.727. The van der Waals surface area contributed by atoms with Gasteiger partial charge in [0.1, 0.15) is 11.1 Å². The van der Waals surface area contributed by atoms with Gasteiger partial charge < -0.3 is 10.6 Å². The summed E-state index contributed by atoms with van der Waals surface area (Å²) in [6.07, 6.45) is 11.1. The molecule has 4 saturated carbocycles. The number of carbonyl (C=O) groups excluding carboxylic acids is 1. The van der Waals surface area contributed by atoms with Gasteiger partial charge in [0.05, 0.1) is 12.1 Å². The molecule has 2 N–H and O–H groups in total. The van der Waals surface area contributed by atoms with Gasteiger partial charge in [0, 0.05) is 10.4 Å². The number of fused-ring (bicyclic) bond motifs is 1. The van der Waals surface area contributed by atoms with E-state index in [2.05, 4.69) is 23.6 Å². The Morgan fingerprint density at radius 3 is 2.52 bits per heavy atom. The molecule has 144 valence electrons. The van der Waals surface area contributed by atoms with Gasteiger partial charge in [-0.05, 0) is 87.0 Å². The first-order valence-corrected chi connectivity index (χ1v) is 11.4. The highest BCUT2D eigenvalue weighted by Crippen LogP contribution is 2.55. The maximum Gasteiger partial charge on any atom is 0.238 e. The molecular formula is C22H29N3OS. The molecule has 4 nitrogen and oxygen atoms in total. The Morgan fingerprint density at radius 1 is 1.22 bits per heavy atom. The van der Waals surface area contributed by atoms with Gasteiger partial charge in [-0.25, -0.2) is 0 Å². The van der Waals surface area contributed by atoms with E-state index in [1.807, 2.05) is 0 Å². The van der Waals surface area contributed by atoms with Crippen LogP contribution in [0.1, 0.15) is 67.9 Å². The maximum atomic E-state index is 12.7. The number of anilines is 1. The van der Waals surface area contributed by atoms with E-state index in [-0.39, 0.29) is 11.4 Å². The molecule has 0 unspecified atom stereocenters. The first-order valence-electron chi connectivity index (χ1n) is 10.6. The standard InChI is InChI=1S/C22H29N3OS/c1-13-2-3-17-18(11-23)21(27-19(17)4-13)25-20(26)12-24-22-8-14-5-15(9-22)7-16(6-14)10-22/h13-16,24H,2-10,12H2,1H3,(H,25,26)/t13-,14?,15?,16?,22?/m0/s1. The largest absolute Gasteiger partial charge is 0.315 e. The van der Waals surface area contributed by atoms with Crippen LogP contribution in [0.25, 0.3) is 0 Å². The van der Waals surface area contributed by atoms with Crippen molar-refractivity contribution in [3.8, 4) is 6.07 Å². The Kier molecular flexibility index (Phi) is 4.33. The molecule has 4 bridgehead atoms. The minimum Gasteiger partial charge on any atom is -0.315 e. The summed E-state index contributed by atoms with van der Waals surface area (Å²) >= 11 is 1.62. The van der Waals surface area contributed by atoms with Gasteiger partial charge in [0.25, 0.3) is 0 Å². The highest BCUT2D eigenvalue weighted by molar-refractivity contribution is 7.16. The number of rotatable bonds is 4. The molecule has 1 aromatic rings. The summed E-state index contributed by atoms with van der Waals surface area (Å²) < 4.78 is 0. The molecule has 5 aliphatic carbocycles. The molecule has 1 amide bonds. The average molecular weight is 384 g/mol. The van der Waals surface area contributed by atoms with E-state index in [1.54, 1.807) is 11.3 Å². The second-order valence-corrected chi connectivity index (χ2v) is 10.9. The van der Waals surface area contributed by atoms with E-state index in [1.165, 1.54) is 49.0 Å². The van der Waals surface area contributed by atoms with E-state index in [0.717, 1.165) is 42.0 Å². The van der Waals surface area contributed by atoms with Crippen LogP contribution in [0.2, 0.25) is 0 Å². The minimum atomic E-state index is 0.00823. The zero-order valence-electron chi connectivity index (χ0n) is 16.1. The van der Waals surface area contributed by atoms with Crippen molar-refractivity contribution in [1.82, 2.24) is 5.32 Å². The fourth-order valence-corrected chi connectivity index (χ4v) is 8.10. The van der Waals surface area contributed by atoms with E-state index >= 15 is 0 Å². The predicted octanol–water partition coefficient (Wildman–Crippen LogP) is 4.24. The first-order chi connectivity index (χ1) is 13.0. The monoisotopic (exact) mass is 383 g/mol. The van der Waals surface area contributed by atoms with Crippen molar-refractivity contribution in [1.29, 1.82) is 5.26 Å². The molecule has 0 aliphatic heterocycles. The predicted molar refractivity (Wildman–Crippen MR) is 108 cm³/mol. The third-order valence-corrected chi connectivity index (χ3v) is 8.71. The normalized spacial score (nSPS) is 36.3. The van der Waals surface area contributed by atoms with Crippen LogP contribution in [-0.2, 0) is 17.6 Å². The van der Waals surface area contributed by atoms with Gasteiger partial charge >= 0.3 is 0 Å². The van der Waals surface area contributed by atoms with E-state index in [0.29, 0.717) is 18.0 Å². The van der Waals surface area contributed by atoms with Gasteiger partial charge in [-0.15, -0.1) is 11.3 Å². The third kappa shape index (κ3) is 3.21. The fourth-order valence-electron chi connectivity index (χ4n) is 6.72. The number of nitrogens with one attached hydrogen (secondary N) is 2. The van der Waals surface area contributed by atoms with Crippen molar-refractivity contribution in [2.24, 2.45) is 23.7 Å². The zero-order valence-corrected chi connectivity index (χ0v) is 17.0. The smallest absolute Gasteiger partial charge is 0.238 e. The number of nitrogens with zero attached hydrogens (tertiary/aromatic N) is 1. The molecule has 1 aromatic heterocycles. The van der Waals surface area contributed by atoms with Gasteiger partial charge in [0.15, 0.2) is 0 Å². The molecule has 0 saturated heterocycles. The SMILES string of the molecule is C[C@H]1CCc2c(sc(NC(=O)CNC34CC5CC(CC(C5)C3)C4)c2C#N)C1. The summed E-state index contributed by atoms with van der Waals surface area (Å²) in [6.45, 7) is 2.64. The number of thiophene rings is 1. The molecule has 1 atom stereocenters. The third-order valence-electron chi connectivity index (χ3n) is 7.54. The van der Waals surface area contributed by atoms with Crippen molar-refractivity contribution in [2.45, 2.75) is 70.3 Å². The van der Waals surface area contributed by atoms with Crippen LogP contribution in [0.5, 0.6) is 0 Å². The summed E-state index contributed by atoms with van der Waals surface area (Å²) in [5.74, 6) is 3.31. The lowest BCUT2D eigenvalue weighted by molar-refractivity contribution is -0.116. The molecule has 6 rings (SSSR count). The number of carbonyl (C=O) groups is 1. The number of hydrogen-bond donors (Lipinski definition) is 2. The van der Waals surface area contributed by atoms with Gasteiger partial charge in [0.2, 0.25) is 5.91 Å². The molecule has 27 heavy (non-hydrogen) atoms. The summed E-state index contributed by atoms with van der Waals surface area (Å²) in [4.78, 5) is 14.0. The molecule has 5 aliphatic rings. The number of amides is 1. The highest BCUT2D eigenvalue weighted by atomic mass is 32.1. The van der Waals surface area contributed by atoms with Crippen LogP contribution < -0.4 is 10.6 Å². The van der Waals surface area contributed by atoms with Gasteiger partial charge in [-0.3, -0.25) is 4.79 Å². The lowest BCUT2D eigenvalue weighted by Crippen LogP contribution is -2.59. The molecule has 1 heterocycles. The quantitative estimate of drug-likeness (QED) is 0.817. The van der Waals surface area contributed by atoms with Gasteiger partial charge in [-0.1, -0.05) is 6.92 Å². The van der Waals surface area contributed by atoms with Crippen LogP contribution in [0, 0.1) is 35.0 Å². The second-order valence-electron chi connectivity index (χ2n) is 9.77. The Labute approximate surface area is 165 Å². The van der Waals surface area contributed by atoms with Crippen LogP contribution >= 0.6 is 11.3 Å². The minimum absolute atomic E-state index is 0.00823. The lowest BCUT2D eigenvalue weighted by Gasteiger charge is -2.57. The van der Waals surface area contributed by atoms with Crippen molar-refractivity contribution < 1.29 is 4.79 Å². The molecule has 0 radical (unpaired) electrons. The topological polar surface area (TPSA) is 64.9 Å². The Hall–Kier alpha value is -1.38. The maximum absolute atomic E-state index is 12.7. The first kappa shape index (κ1) is 17.7. The van der Waals surface area contributed by atoms with E-state index < -0.39 is 0 Å². The van der Waals surface area contributed by atoms with Crippen LogP contribution in [0.15, 0.2) is 0 Å². The zero-order chi connectivity index (χ0) is 18.6. The summed E-state index contributed by atoms with van der Waals surface area (Å²) in [7, 11) is 0. The molecule has 0 spiro atoms. The summed E-state index contributed by atoms with van der Waals surface area (Å²) in [5.41, 5.74) is 2.10. The summed E-state index contributed by atoms with van der Waals surface area (Å²) in [6, 6.07) is 2.35. The van der Waals surface area contributed by atoms with Crippen molar-refractivity contribution in [3.05, 3.63) is 16.0 Å². The Bertz CT molecular complexity index is 770. The van der Waals surface area contributed by atoms with Crippen molar-refractivity contribution in [3.63, 3.8) is 0 Å². The van der Waals surface area contributed by atoms with E-state index in [9.17, 15) is 10.1 Å². The molecule has 5 heteroatoms. The van der Waals surface area contributed by atoms with Gasteiger partial charge in [-0.2, -0.15) is 5.26 Å². The van der Waals surface area contributed by atoms with E-state index in [4.69, 9.17) is 0 Å². The number of hydrogen-bond acceptors (Lipinski definition) is 4. The number of nitriles is 1. The van der Waals surface area contributed by atoms with Crippen LogP contribution in [0.4, 0.5) is 5.00 Å². The Morgan fingerprint density at radius 2 is 1.89 bits per heavy atom. The second kappa shape index (κ2) is 6.60. The highest BCUT2D eigenvalue weighted by Gasteiger charge is 2.50. The van der Waals surface area contributed by atoms with Crippen molar-refractivity contribution in [2.75, 3.05) is 11.9 Å². The molecular weight excluding hydrogens is 354 g/mol.